The number of carbonyl (C=O) groups is 1. The zero-order valence-corrected chi connectivity index (χ0v) is 26.9. The van der Waals surface area contributed by atoms with Crippen LogP contribution in [0.25, 0.3) is 11.1 Å². The summed E-state index contributed by atoms with van der Waals surface area (Å²) in [6.45, 7) is 17.6. The van der Waals surface area contributed by atoms with Gasteiger partial charge in [-0.1, -0.05) is 51.1 Å². The number of nitrogens with zero attached hydrogens (tertiary/aromatic N) is 3. The molecule has 4 aromatic rings. The van der Waals surface area contributed by atoms with Crippen molar-refractivity contribution in [3.05, 3.63) is 117 Å². The van der Waals surface area contributed by atoms with Gasteiger partial charge in [-0.25, -0.2) is 0 Å². The van der Waals surface area contributed by atoms with Gasteiger partial charge in [0.2, 0.25) is 0 Å². The smallest absolute Gasteiger partial charge is 0.255 e. The molecular weight excluding hydrogens is 520 g/mol. The molecule has 4 rings (SSSR count). The molecule has 0 fully saturated rings. The predicted molar refractivity (Wildman–Crippen MR) is 175 cm³/mol. The number of hydrogen-bond acceptors (Lipinski definition) is 4. The third-order valence-electron chi connectivity index (χ3n) is 7.55. The van der Waals surface area contributed by atoms with E-state index in [-0.39, 0.29) is 16.9 Å². The molecule has 222 valence electrons. The van der Waals surface area contributed by atoms with Gasteiger partial charge in [0, 0.05) is 54.5 Å². The number of hydrogen-bond donors (Lipinski definition) is 1. The van der Waals surface area contributed by atoms with Crippen LogP contribution in [-0.2, 0) is 19.0 Å². The SMILES string of the molecule is Cc1c(NC(=O)c2ccc(C(C)(C)C)cc2)cccc1-c1cc(C)c(=O)n(C)c1.Cc1ccc(CN(C)C(C)C)cn1. The summed E-state index contributed by atoms with van der Waals surface area (Å²) in [5.74, 6) is -0.137. The van der Waals surface area contributed by atoms with Crippen molar-refractivity contribution in [2.75, 3.05) is 12.4 Å². The molecule has 0 saturated carbocycles. The third-order valence-corrected chi connectivity index (χ3v) is 7.55. The maximum atomic E-state index is 12.8. The van der Waals surface area contributed by atoms with Crippen molar-refractivity contribution >= 4 is 11.6 Å². The average Bonchev–Trinajstić information content (AvgIpc) is 2.93. The highest BCUT2D eigenvalue weighted by atomic mass is 16.1. The second-order valence-corrected chi connectivity index (χ2v) is 12.4. The van der Waals surface area contributed by atoms with E-state index in [1.807, 2.05) is 81.7 Å². The minimum absolute atomic E-state index is 0.00503. The lowest BCUT2D eigenvalue weighted by Crippen LogP contribution is -2.25. The summed E-state index contributed by atoms with van der Waals surface area (Å²) in [6, 6.07) is 20.2. The quantitative estimate of drug-likeness (QED) is 0.263. The molecule has 0 atom stereocenters. The maximum Gasteiger partial charge on any atom is 0.255 e. The lowest BCUT2D eigenvalue weighted by atomic mass is 9.86. The van der Waals surface area contributed by atoms with Gasteiger partial charge < -0.3 is 9.88 Å². The minimum Gasteiger partial charge on any atom is -0.322 e. The summed E-state index contributed by atoms with van der Waals surface area (Å²) in [7, 11) is 3.88. The molecular formula is C36H46N4O2. The fourth-order valence-electron chi connectivity index (χ4n) is 4.49. The first-order chi connectivity index (χ1) is 19.7. The molecule has 1 N–H and O–H groups in total. The van der Waals surface area contributed by atoms with Crippen molar-refractivity contribution in [1.29, 1.82) is 0 Å². The zero-order chi connectivity index (χ0) is 31.2. The molecule has 0 spiro atoms. The molecule has 2 aromatic heterocycles. The Balaban J connectivity index is 0.000000312. The van der Waals surface area contributed by atoms with Crippen LogP contribution in [0.15, 0.2) is 77.9 Å². The van der Waals surface area contributed by atoms with E-state index < -0.39 is 0 Å². The monoisotopic (exact) mass is 566 g/mol. The van der Waals surface area contributed by atoms with Crippen molar-refractivity contribution in [3.8, 4) is 11.1 Å². The second-order valence-electron chi connectivity index (χ2n) is 12.4. The van der Waals surface area contributed by atoms with Crippen LogP contribution in [-0.4, -0.2) is 33.4 Å². The summed E-state index contributed by atoms with van der Waals surface area (Å²) in [6.07, 6.45) is 3.78. The maximum absolute atomic E-state index is 12.8. The van der Waals surface area contributed by atoms with Crippen molar-refractivity contribution < 1.29 is 4.79 Å². The Bertz CT molecular complexity index is 1530. The lowest BCUT2D eigenvalue weighted by Gasteiger charge is -2.20. The van der Waals surface area contributed by atoms with Gasteiger partial charge in [-0.05, 0) is 105 Å². The summed E-state index contributed by atoms with van der Waals surface area (Å²) in [4.78, 5) is 31.3. The molecule has 6 nitrogen and oxygen atoms in total. The molecule has 42 heavy (non-hydrogen) atoms. The van der Waals surface area contributed by atoms with E-state index in [4.69, 9.17) is 0 Å². The minimum atomic E-state index is -0.137. The van der Waals surface area contributed by atoms with Crippen molar-refractivity contribution in [3.63, 3.8) is 0 Å². The Morgan fingerprint density at radius 3 is 2.21 bits per heavy atom. The number of nitrogens with one attached hydrogen (secondary N) is 1. The van der Waals surface area contributed by atoms with E-state index in [0.29, 0.717) is 17.2 Å². The van der Waals surface area contributed by atoms with Crippen molar-refractivity contribution in [2.24, 2.45) is 7.05 Å². The van der Waals surface area contributed by atoms with Crippen LogP contribution in [0.3, 0.4) is 0 Å². The van der Waals surface area contributed by atoms with E-state index in [1.165, 1.54) is 11.1 Å². The highest BCUT2D eigenvalue weighted by molar-refractivity contribution is 6.05. The summed E-state index contributed by atoms with van der Waals surface area (Å²) in [5, 5.41) is 3.03. The number of aromatic nitrogens is 2. The van der Waals surface area contributed by atoms with Crippen LogP contribution >= 0.6 is 0 Å². The topological polar surface area (TPSA) is 67.2 Å². The Morgan fingerprint density at radius 1 is 1.00 bits per heavy atom. The summed E-state index contributed by atoms with van der Waals surface area (Å²) < 4.78 is 1.59. The van der Waals surface area contributed by atoms with Crippen molar-refractivity contribution in [1.82, 2.24) is 14.5 Å². The number of anilines is 1. The summed E-state index contributed by atoms with van der Waals surface area (Å²) >= 11 is 0. The fraction of sp³-hybridized carbons (Fsp3) is 0.361. The molecule has 0 saturated heterocycles. The zero-order valence-electron chi connectivity index (χ0n) is 26.9. The highest BCUT2D eigenvalue weighted by Gasteiger charge is 2.16. The van der Waals surface area contributed by atoms with E-state index >= 15 is 0 Å². The van der Waals surface area contributed by atoms with Crippen LogP contribution in [0.4, 0.5) is 5.69 Å². The molecule has 6 heteroatoms. The van der Waals surface area contributed by atoms with Crippen LogP contribution in [0, 0.1) is 20.8 Å². The number of rotatable bonds is 6. The normalized spacial score (nSPS) is 11.3. The van der Waals surface area contributed by atoms with Gasteiger partial charge >= 0.3 is 0 Å². The lowest BCUT2D eigenvalue weighted by molar-refractivity contribution is 0.102. The van der Waals surface area contributed by atoms with Crippen LogP contribution in [0.1, 0.15) is 72.9 Å². The van der Waals surface area contributed by atoms with Crippen LogP contribution < -0.4 is 10.9 Å². The van der Waals surface area contributed by atoms with Gasteiger partial charge in [-0.3, -0.25) is 19.5 Å². The molecule has 0 aliphatic carbocycles. The van der Waals surface area contributed by atoms with Gasteiger partial charge in [0.05, 0.1) is 0 Å². The number of pyridine rings is 2. The number of carbonyl (C=O) groups excluding carboxylic acids is 1. The first-order valence-corrected chi connectivity index (χ1v) is 14.5. The first-order valence-electron chi connectivity index (χ1n) is 14.5. The predicted octanol–water partition coefficient (Wildman–Crippen LogP) is 7.45. The van der Waals surface area contributed by atoms with E-state index in [0.717, 1.165) is 34.6 Å². The number of amides is 1. The molecule has 2 heterocycles. The van der Waals surface area contributed by atoms with Gasteiger partial charge in [0.25, 0.3) is 11.5 Å². The third kappa shape index (κ3) is 8.49. The first kappa shape index (κ1) is 32.5. The Morgan fingerprint density at radius 2 is 1.67 bits per heavy atom. The number of benzene rings is 2. The van der Waals surface area contributed by atoms with E-state index in [1.54, 1.807) is 11.6 Å². The van der Waals surface area contributed by atoms with Gasteiger partial charge in [-0.2, -0.15) is 0 Å². The molecule has 2 aromatic carbocycles. The molecule has 0 bridgehead atoms. The average molecular weight is 567 g/mol. The fourth-order valence-corrected chi connectivity index (χ4v) is 4.49. The molecule has 1 amide bonds. The van der Waals surface area contributed by atoms with E-state index in [2.05, 4.69) is 69.0 Å². The number of aryl methyl sites for hydroxylation is 3. The Kier molecular flexibility index (Phi) is 10.6. The van der Waals surface area contributed by atoms with Gasteiger partial charge in [0.1, 0.15) is 0 Å². The Hall–Kier alpha value is -4.03. The summed E-state index contributed by atoms with van der Waals surface area (Å²) in [5.41, 5.74) is 8.58. The van der Waals surface area contributed by atoms with Crippen LogP contribution in [0.2, 0.25) is 0 Å². The molecule has 0 aliphatic heterocycles. The van der Waals surface area contributed by atoms with Crippen LogP contribution in [0.5, 0.6) is 0 Å². The van der Waals surface area contributed by atoms with Gasteiger partial charge in [-0.15, -0.1) is 0 Å². The molecule has 0 radical (unpaired) electrons. The molecule has 0 unspecified atom stereocenters. The standard InChI is InChI=1S/C25H28N2O2.C11H18N2/c1-16-14-19(15-27(6)24(16)29)21-8-7-9-22(17(21)2)26-23(28)18-10-12-20(13-11-18)25(3,4)5;1-9(2)13(4)8-11-6-5-10(3)12-7-11/h7-15H,1-6H3,(H,26,28);5-7,9H,8H2,1-4H3. The van der Waals surface area contributed by atoms with Gasteiger partial charge in [0.15, 0.2) is 0 Å². The second kappa shape index (κ2) is 13.8. The van der Waals surface area contributed by atoms with E-state index in [9.17, 15) is 9.59 Å². The largest absolute Gasteiger partial charge is 0.322 e. The Labute approximate surface area is 251 Å². The highest BCUT2D eigenvalue weighted by Crippen LogP contribution is 2.29. The molecule has 0 aliphatic rings. The van der Waals surface area contributed by atoms with Crippen molar-refractivity contribution in [2.45, 2.75) is 73.4 Å².